The van der Waals surface area contributed by atoms with Crippen LogP contribution in [0.4, 0.5) is 4.39 Å². The van der Waals surface area contributed by atoms with Gasteiger partial charge in [0.1, 0.15) is 11.9 Å². The van der Waals surface area contributed by atoms with Gasteiger partial charge in [-0.3, -0.25) is 19.4 Å². The van der Waals surface area contributed by atoms with Crippen LogP contribution in [0.2, 0.25) is 0 Å². The van der Waals surface area contributed by atoms with Gasteiger partial charge in [-0.15, -0.1) is 0 Å². The average molecular weight is 466 g/mol. The van der Waals surface area contributed by atoms with Gasteiger partial charge in [0.25, 0.3) is 0 Å². The van der Waals surface area contributed by atoms with Gasteiger partial charge in [-0.25, -0.2) is 4.39 Å². The Balaban J connectivity index is 1.49. The summed E-state index contributed by atoms with van der Waals surface area (Å²) in [6.07, 6.45) is 5.73. The summed E-state index contributed by atoms with van der Waals surface area (Å²) in [6.45, 7) is 3.56. The third-order valence-electron chi connectivity index (χ3n) is 6.22. The van der Waals surface area contributed by atoms with E-state index in [1.807, 2.05) is 35.2 Å². The number of carboxylic acids is 2. The van der Waals surface area contributed by atoms with Crippen molar-refractivity contribution < 1.29 is 24.2 Å². The highest BCUT2D eigenvalue weighted by Crippen LogP contribution is 2.32. The summed E-state index contributed by atoms with van der Waals surface area (Å²) in [6, 6.07) is 13.4. The molecule has 1 fully saturated rings. The predicted molar refractivity (Wildman–Crippen MR) is 128 cm³/mol. The van der Waals surface area contributed by atoms with Crippen LogP contribution in [-0.4, -0.2) is 69.2 Å². The number of carboxylic acid groups (broad SMARTS) is 2. The van der Waals surface area contributed by atoms with Crippen molar-refractivity contribution in [2.24, 2.45) is 0 Å². The van der Waals surface area contributed by atoms with Crippen LogP contribution < -0.4 is 0 Å². The minimum Gasteiger partial charge on any atom is -0.481 e. The molecule has 2 aromatic carbocycles. The zero-order valence-electron chi connectivity index (χ0n) is 18.8. The highest BCUT2D eigenvalue weighted by atomic mass is 19.1. The first-order valence-electron chi connectivity index (χ1n) is 11.3. The van der Waals surface area contributed by atoms with Crippen LogP contribution >= 0.6 is 0 Å². The summed E-state index contributed by atoms with van der Waals surface area (Å²) < 4.78 is 15.6. The van der Waals surface area contributed by atoms with Crippen LogP contribution in [0.1, 0.15) is 23.6 Å². The summed E-state index contributed by atoms with van der Waals surface area (Å²) >= 11 is 0. The summed E-state index contributed by atoms with van der Waals surface area (Å²) in [5.41, 5.74) is 2.21. The highest BCUT2D eigenvalue weighted by molar-refractivity contribution is 5.90. The number of carbonyl (C=O) groups is 2. The molecule has 0 spiro atoms. The molecule has 7 nitrogen and oxygen atoms in total. The number of fused-ring (bicyclic) bond motifs is 1. The molecule has 1 aromatic heterocycles. The molecule has 2 N–H and O–H groups in total. The minimum atomic E-state index is -0.973. The zero-order chi connectivity index (χ0) is 24.1. The Kier molecular flexibility index (Phi) is 7.40. The van der Waals surface area contributed by atoms with Crippen molar-refractivity contribution in [1.29, 1.82) is 0 Å². The molecule has 0 amide bonds. The van der Waals surface area contributed by atoms with E-state index in [-0.39, 0.29) is 13.0 Å². The standard InChI is InChI=1S/C26H28FN3O4/c27-20-8-9-21-22(18-30(23(21)17-20)12-10-24(31)32)25(26(33)34)29-15-13-28(14-16-29)11-4-7-19-5-2-1-3-6-19/h1-9,17-18,25H,10-16H2,(H,31,32)(H,33,34). The van der Waals surface area contributed by atoms with E-state index in [4.69, 9.17) is 5.11 Å². The number of aliphatic carboxylic acids is 2. The lowest BCUT2D eigenvalue weighted by atomic mass is 10.0. The van der Waals surface area contributed by atoms with Crippen molar-refractivity contribution in [2.75, 3.05) is 32.7 Å². The predicted octanol–water partition coefficient (Wildman–Crippen LogP) is 3.71. The molecule has 0 saturated carbocycles. The maximum Gasteiger partial charge on any atom is 0.325 e. The first-order valence-corrected chi connectivity index (χ1v) is 11.3. The number of nitrogens with zero attached hydrogens (tertiary/aromatic N) is 3. The van der Waals surface area contributed by atoms with Crippen LogP contribution in [0.5, 0.6) is 0 Å². The Morgan fingerprint density at radius 2 is 1.76 bits per heavy atom. The number of halogens is 1. The van der Waals surface area contributed by atoms with E-state index < -0.39 is 23.8 Å². The number of rotatable bonds is 9. The number of hydrogen-bond acceptors (Lipinski definition) is 4. The molecule has 3 aromatic rings. The van der Waals surface area contributed by atoms with Crippen molar-refractivity contribution in [1.82, 2.24) is 14.4 Å². The molecule has 1 aliphatic heterocycles. The Hall–Kier alpha value is -3.49. The molecule has 4 rings (SSSR count). The summed E-state index contributed by atoms with van der Waals surface area (Å²) in [5, 5.41) is 19.8. The van der Waals surface area contributed by atoms with E-state index in [0.717, 1.165) is 25.2 Å². The van der Waals surface area contributed by atoms with E-state index in [9.17, 15) is 19.1 Å². The van der Waals surface area contributed by atoms with Gasteiger partial charge < -0.3 is 14.8 Å². The number of hydrogen-bond donors (Lipinski definition) is 2. The van der Waals surface area contributed by atoms with Gasteiger partial charge in [0.05, 0.1) is 11.9 Å². The topological polar surface area (TPSA) is 86.0 Å². The van der Waals surface area contributed by atoms with Gasteiger partial charge in [-0.05, 0) is 23.8 Å². The molecule has 0 radical (unpaired) electrons. The molecular weight excluding hydrogens is 437 g/mol. The van der Waals surface area contributed by atoms with Gasteiger partial charge in [0.15, 0.2) is 0 Å². The maximum absolute atomic E-state index is 13.9. The van der Waals surface area contributed by atoms with E-state index in [0.29, 0.717) is 29.6 Å². The minimum absolute atomic E-state index is 0.132. The van der Waals surface area contributed by atoms with E-state index >= 15 is 0 Å². The molecule has 0 bridgehead atoms. The molecule has 2 heterocycles. The molecule has 1 aliphatic rings. The van der Waals surface area contributed by atoms with E-state index in [1.54, 1.807) is 16.8 Å². The maximum atomic E-state index is 13.9. The van der Waals surface area contributed by atoms with Gasteiger partial charge in [0.2, 0.25) is 0 Å². The number of aryl methyl sites for hydroxylation is 1. The average Bonchev–Trinajstić information content (AvgIpc) is 3.16. The monoisotopic (exact) mass is 465 g/mol. The van der Waals surface area contributed by atoms with Crippen molar-refractivity contribution in [3.8, 4) is 0 Å². The fourth-order valence-corrected chi connectivity index (χ4v) is 4.50. The Labute approximate surface area is 197 Å². The van der Waals surface area contributed by atoms with Crippen molar-refractivity contribution in [3.05, 3.63) is 77.7 Å². The number of piperazine rings is 1. The van der Waals surface area contributed by atoms with Crippen LogP contribution in [0.3, 0.4) is 0 Å². The second kappa shape index (κ2) is 10.6. The normalized spacial score (nSPS) is 16.3. The molecule has 34 heavy (non-hydrogen) atoms. The molecule has 8 heteroatoms. The third kappa shape index (κ3) is 5.52. The molecule has 1 atom stereocenters. The molecule has 1 saturated heterocycles. The lowest BCUT2D eigenvalue weighted by Gasteiger charge is -2.37. The summed E-state index contributed by atoms with van der Waals surface area (Å²) in [7, 11) is 0. The fourth-order valence-electron chi connectivity index (χ4n) is 4.50. The molecule has 0 aliphatic carbocycles. The third-order valence-corrected chi connectivity index (χ3v) is 6.22. The van der Waals surface area contributed by atoms with E-state index in [1.165, 1.54) is 12.1 Å². The van der Waals surface area contributed by atoms with Crippen LogP contribution in [0.15, 0.2) is 60.8 Å². The Bertz CT molecular complexity index is 1180. The quantitative estimate of drug-likeness (QED) is 0.501. The smallest absolute Gasteiger partial charge is 0.325 e. The van der Waals surface area contributed by atoms with Gasteiger partial charge in [-0.2, -0.15) is 0 Å². The molecule has 1 unspecified atom stereocenters. The second-order valence-corrected chi connectivity index (χ2v) is 8.47. The van der Waals surface area contributed by atoms with Gasteiger partial charge >= 0.3 is 11.9 Å². The zero-order valence-corrected chi connectivity index (χ0v) is 18.8. The summed E-state index contributed by atoms with van der Waals surface area (Å²) in [5.74, 6) is -2.39. The van der Waals surface area contributed by atoms with Crippen molar-refractivity contribution in [2.45, 2.75) is 19.0 Å². The SMILES string of the molecule is O=C(O)CCn1cc(C(C(=O)O)N2CCN(CC=Cc3ccccc3)CC2)c2ccc(F)cc21. The van der Waals surface area contributed by atoms with Crippen LogP contribution in [-0.2, 0) is 16.1 Å². The second-order valence-electron chi connectivity index (χ2n) is 8.47. The van der Waals surface area contributed by atoms with Crippen LogP contribution in [0, 0.1) is 5.82 Å². The first-order chi connectivity index (χ1) is 16.4. The largest absolute Gasteiger partial charge is 0.481 e. The highest BCUT2D eigenvalue weighted by Gasteiger charge is 2.32. The Morgan fingerprint density at radius 1 is 1.03 bits per heavy atom. The lowest BCUT2D eigenvalue weighted by molar-refractivity contribution is -0.144. The molecular formula is C26H28FN3O4. The van der Waals surface area contributed by atoms with Gasteiger partial charge in [-0.1, -0.05) is 42.5 Å². The number of aromatic nitrogens is 1. The van der Waals surface area contributed by atoms with Crippen LogP contribution in [0.25, 0.3) is 17.0 Å². The lowest BCUT2D eigenvalue weighted by Crippen LogP contribution is -2.49. The molecule has 178 valence electrons. The first kappa shape index (κ1) is 23.7. The number of benzene rings is 2. The fraction of sp³-hybridized carbons (Fsp3) is 0.308. The Morgan fingerprint density at radius 3 is 2.44 bits per heavy atom. The van der Waals surface area contributed by atoms with Crippen molar-refractivity contribution in [3.63, 3.8) is 0 Å². The van der Waals surface area contributed by atoms with E-state index in [2.05, 4.69) is 17.1 Å². The van der Waals surface area contributed by atoms with Crippen molar-refractivity contribution >= 4 is 28.9 Å². The summed E-state index contributed by atoms with van der Waals surface area (Å²) in [4.78, 5) is 27.6. The van der Waals surface area contributed by atoms with Gasteiger partial charge in [0, 0.05) is 56.4 Å².